The highest BCUT2D eigenvalue weighted by Gasteiger charge is 2.23. The van der Waals surface area contributed by atoms with Gasteiger partial charge in [-0.05, 0) is 31.0 Å². The van der Waals surface area contributed by atoms with Gasteiger partial charge in [-0.1, -0.05) is 6.92 Å². The molecule has 2 aromatic rings. The van der Waals surface area contributed by atoms with Crippen LogP contribution in [0.5, 0.6) is 0 Å². The number of aromatic nitrogens is 2. The van der Waals surface area contributed by atoms with E-state index in [1.807, 2.05) is 0 Å². The van der Waals surface area contributed by atoms with Crippen molar-refractivity contribution in [2.75, 3.05) is 24.5 Å². The Morgan fingerprint density at radius 2 is 2.30 bits per heavy atom. The van der Waals surface area contributed by atoms with E-state index in [1.165, 1.54) is 4.88 Å². The Kier molecular flexibility index (Phi) is 5.07. The van der Waals surface area contributed by atoms with E-state index in [-0.39, 0.29) is 12.4 Å². The summed E-state index contributed by atoms with van der Waals surface area (Å²) >= 11 is 7.80. The summed E-state index contributed by atoms with van der Waals surface area (Å²) in [6.45, 7) is 7.29. The highest BCUT2D eigenvalue weighted by atomic mass is 35.5. The molecule has 0 saturated carbocycles. The van der Waals surface area contributed by atoms with Crippen LogP contribution in [0.25, 0.3) is 10.2 Å². The molecule has 3 heterocycles. The molecule has 1 fully saturated rings. The van der Waals surface area contributed by atoms with Gasteiger partial charge in [0.1, 0.15) is 10.6 Å². The molecular formula is C13H18Cl2N4S. The molecule has 0 aliphatic carbocycles. The second-order valence-corrected chi connectivity index (χ2v) is 6.30. The molecule has 1 aliphatic rings. The molecule has 0 bridgehead atoms. The maximum atomic E-state index is 6.09. The molecule has 0 aromatic carbocycles. The molecule has 1 saturated heterocycles. The molecule has 7 heteroatoms. The molecule has 3 rings (SSSR count). The van der Waals surface area contributed by atoms with Crippen molar-refractivity contribution in [2.24, 2.45) is 0 Å². The second kappa shape index (κ2) is 6.43. The van der Waals surface area contributed by atoms with Crippen LogP contribution in [0.4, 0.5) is 5.82 Å². The minimum absolute atomic E-state index is 0. The van der Waals surface area contributed by atoms with Crippen molar-refractivity contribution in [1.29, 1.82) is 0 Å². The van der Waals surface area contributed by atoms with Crippen LogP contribution in [0.1, 0.15) is 18.7 Å². The van der Waals surface area contributed by atoms with Crippen LogP contribution in [0.3, 0.4) is 0 Å². The number of rotatable bonds is 2. The average Bonchev–Trinajstić information content (AvgIpc) is 2.81. The van der Waals surface area contributed by atoms with Crippen molar-refractivity contribution in [1.82, 2.24) is 15.3 Å². The fourth-order valence-electron chi connectivity index (χ4n) is 2.48. The first-order valence-electron chi connectivity index (χ1n) is 6.62. The summed E-state index contributed by atoms with van der Waals surface area (Å²) in [5.41, 5.74) is 0. The lowest BCUT2D eigenvalue weighted by molar-refractivity contribution is 0.498. The largest absolute Gasteiger partial charge is 0.351 e. The van der Waals surface area contributed by atoms with Gasteiger partial charge in [0.15, 0.2) is 0 Å². The van der Waals surface area contributed by atoms with Crippen LogP contribution in [0.15, 0.2) is 6.07 Å². The smallest absolute Gasteiger partial charge is 0.225 e. The summed E-state index contributed by atoms with van der Waals surface area (Å²) in [7, 11) is 0. The number of nitrogens with zero attached hydrogens (tertiary/aromatic N) is 3. The van der Waals surface area contributed by atoms with Gasteiger partial charge < -0.3 is 10.2 Å². The van der Waals surface area contributed by atoms with Gasteiger partial charge in [-0.3, -0.25) is 0 Å². The lowest BCUT2D eigenvalue weighted by Crippen LogP contribution is -2.50. The van der Waals surface area contributed by atoms with Crippen LogP contribution in [-0.2, 0) is 6.42 Å². The van der Waals surface area contributed by atoms with E-state index in [0.717, 1.165) is 42.1 Å². The molecular weight excluding hydrogens is 315 g/mol. The van der Waals surface area contributed by atoms with Crippen molar-refractivity contribution in [3.8, 4) is 0 Å². The van der Waals surface area contributed by atoms with Crippen molar-refractivity contribution < 1.29 is 0 Å². The molecule has 1 aliphatic heterocycles. The first-order valence-corrected chi connectivity index (χ1v) is 7.81. The van der Waals surface area contributed by atoms with E-state index in [2.05, 4.69) is 40.1 Å². The van der Waals surface area contributed by atoms with Gasteiger partial charge in [0, 0.05) is 30.6 Å². The highest BCUT2D eigenvalue weighted by Crippen LogP contribution is 2.33. The zero-order valence-corrected chi connectivity index (χ0v) is 13.9. The van der Waals surface area contributed by atoms with E-state index in [4.69, 9.17) is 11.6 Å². The molecule has 110 valence electrons. The van der Waals surface area contributed by atoms with Gasteiger partial charge >= 0.3 is 0 Å². The molecule has 1 atom stereocenters. The third-order valence-corrected chi connectivity index (χ3v) is 4.86. The van der Waals surface area contributed by atoms with E-state index in [0.29, 0.717) is 11.3 Å². The number of halogens is 2. The topological polar surface area (TPSA) is 41.0 Å². The summed E-state index contributed by atoms with van der Waals surface area (Å²) in [5, 5.41) is 4.88. The number of thiophene rings is 1. The predicted octanol–water partition coefficient (Wildman–Crippen LogP) is 3.13. The Labute approximate surface area is 134 Å². The molecule has 4 nitrogen and oxygen atoms in total. The zero-order chi connectivity index (χ0) is 13.4. The maximum absolute atomic E-state index is 6.09. The van der Waals surface area contributed by atoms with E-state index in [9.17, 15) is 0 Å². The van der Waals surface area contributed by atoms with Crippen molar-refractivity contribution in [3.05, 3.63) is 16.2 Å². The fourth-order valence-corrected chi connectivity index (χ4v) is 3.66. The van der Waals surface area contributed by atoms with Gasteiger partial charge in [-0.25, -0.2) is 4.98 Å². The predicted molar refractivity (Wildman–Crippen MR) is 88.7 cm³/mol. The molecule has 0 unspecified atom stereocenters. The second-order valence-electron chi connectivity index (χ2n) is 4.85. The summed E-state index contributed by atoms with van der Waals surface area (Å²) in [6.07, 6.45) is 1.02. The number of nitrogens with one attached hydrogen (secondary N) is 1. The van der Waals surface area contributed by atoms with Crippen molar-refractivity contribution >= 4 is 51.4 Å². The Bertz CT molecular complexity index is 601. The normalized spacial score (nSPS) is 19.1. The summed E-state index contributed by atoms with van der Waals surface area (Å²) in [6, 6.07) is 2.63. The van der Waals surface area contributed by atoms with Crippen LogP contribution in [0.2, 0.25) is 5.28 Å². The first kappa shape index (κ1) is 15.8. The van der Waals surface area contributed by atoms with E-state index < -0.39 is 0 Å². The maximum Gasteiger partial charge on any atom is 0.225 e. The number of fused-ring (bicyclic) bond motifs is 1. The molecule has 0 radical (unpaired) electrons. The standard InChI is InChI=1S/C13H17ClN4S.ClH/c1-3-9-6-10-11(16-13(14)17-12(10)19-9)18-5-4-15-7-8(18)2;/h6,8,15H,3-5,7H2,1-2H3;1H/t8-;/m1./s1. The van der Waals surface area contributed by atoms with Crippen molar-refractivity contribution in [2.45, 2.75) is 26.3 Å². The van der Waals surface area contributed by atoms with E-state index >= 15 is 0 Å². The number of hydrogen-bond acceptors (Lipinski definition) is 5. The molecule has 0 amide bonds. The van der Waals surface area contributed by atoms with Gasteiger partial charge in [0.25, 0.3) is 0 Å². The van der Waals surface area contributed by atoms with Crippen LogP contribution >= 0.6 is 35.3 Å². The van der Waals surface area contributed by atoms with Crippen LogP contribution in [0, 0.1) is 0 Å². The summed E-state index contributed by atoms with van der Waals surface area (Å²) < 4.78 is 0. The molecule has 1 N–H and O–H groups in total. The Morgan fingerprint density at radius 1 is 1.50 bits per heavy atom. The Balaban J connectivity index is 0.00000147. The van der Waals surface area contributed by atoms with E-state index in [1.54, 1.807) is 11.3 Å². The quantitative estimate of drug-likeness (QED) is 0.858. The number of hydrogen-bond donors (Lipinski definition) is 1. The van der Waals surface area contributed by atoms with Gasteiger partial charge in [0.05, 0.1) is 5.39 Å². The Morgan fingerprint density at radius 3 is 3.00 bits per heavy atom. The molecule has 20 heavy (non-hydrogen) atoms. The lowest BCUT2D eigenvalue weighted by atomic mass is 10.2. The average molecular weight is 333 g/mol. The number of anilines is 1. The van der Waals surface area contributed by atoms with Crippen LogP contribution < -0.4 is 10.2 Å². The number of aryl methyl sites for hydroxylation is 1. The van der Waals surface area contributed by atoms with Crippen molar-refractivity contribution in [3.63, 3.8) is 0 Å². The van der Waals surface area contributed by atoms with Crippen LogP contribution in [-0.4, -0.2) is 35.6 Å². The fraction of sp³-hybridized carbons (Fsp3) is 0.538. The minimum Gasteiger partial charge on any atom is -0.351 e. The minimum atomic E-state index is 0. The molecule has 0 spiro atoms. The highest BCUT2D eigenvalue weighted by molar-refractivity contribution is 7.18. The molecule has 2 aromatic heterocycles. The SMILES string of the molecule is CCc1cc2c(N3CCNC[C@H]3C)nc(Cl)nc2s1.Cl. The third kappa shape index (κ3) is 2.86. The summed E-state index contributed by atoms with van der Waals surface area (Å²) in [4.78, 5) is 13.5. The first-order chi connectivity index (χ1) is 9.19. The zero-order valence-electron chi connectivity index (χ0n) is 11.5. The lowest BCUT2D eigenvalue weighted by Gasteiger charge is -2.35. The van der Waals surface area contributed by atoms with Gasteiger partial charge in [-0.2, -0.15) is 4.98 Å². The van der Waals surface area contributed by atoms with Gasteiger partial charge in [-0.15, -0.1) is 23.7 Å². The third-order valence-electron chi connectivity index (χ3n) is 3.52. The number of piperazine rings is 1. The Hall–Kier alpha value is -0.620. The monoisotopic (exact) mass is 332 g/mol. The van der Waals surface area contributed by atoms with Gasteiger partial charge in [0.2, 0.25) is 5.28 Å². The summed E-state index contributed by atoms with van der Waals surface area (Å²) in [5.74, 6) is 0.986.